The van der Waals surface area contributed by atoms with E-state index in [0.29, 0.717) is 5.56 Å². The molecular weight excluding hydrogens is 331 g/mol. The molecule has 0 aliphatic carbocycles. The third-order valence-corrected chi connectivity index (χ3v) is 3.97. The minimum absolute atomic E-state index is 0.0238. The van der Waals surface area contributed by atoms with Crippen LogP contribution in [0.25, 0.3) is 11.1 Å². The van der Waals surface area contributed by atoms with Gasteiger partial charge in [0.2, 0.25) is 0 Å². The van der Waals surface area contributed by atoms with Gasteiger partial charge in [-0.15, -0.1) is 13.2 Å². The molecule has 2 aromatic rings. The largest absolute Gasteiger partial charge is 0.573 e. The Morgan fingerprint density at radius 2 is 1.78 bits per heavy atom. The van der Waals surface area contributed by atoms with Crippen molar-refractivity contribution in [3.8, 4) is 22.9 Å². The monoisotopic (exact) mass is 341 g/mol. The summed E-state index contributed by atoms with van der Waals surface area (Å²) in [4.78, 5) is 0.0238. The summed E-state index contributed by atoms with van der Waals surface area (Å²) in [6, 6.07) is 10.8. The SMILES string of the molecule is CS(=O)(=O)c1cccc(-c2cc(C#N)cc(OC(F)(F)F)c2)c1. The van der Waals surface area contributed by atoms with E-state index in [1.165, 1.54) is 30.3 Å². The normalized spacial score (nSPS) is 11.8. The molecule has 0 heterocycles. The van der Waals surface area contributed by atoms with Crippen molar-refractivity contribution in [1.82, 2.24) is 0 Å². The molecule has 0 bridgehead atoms. The van der Waals surface area contributed by atoms with E-state index in [4.69, 9.17) is 5.26 Å². The quantitative estimate of drug-likeness (QED) is 0.856. The molecular formula is C15H10F3NO3S. The Hall–Kier alpha value is -2.53. The van der Waals surface area contributed by atoms with E-state index in [9.17, 15) is 21.6 Å². The second-order valence-electron chi connectivity index (χ2n) is 4.71. The standard InChI is InChI=1S/C15H10F3NO3S/c1-23(20,21)14-4-2-3-11(8-14)12-5-10(9-19)6-13(7-12)22-15(16,17)18/h2-8H,1H3. The van der Waals surface area contributed by atoms with Gasteiger partial charge in [-0.25, -0.2) is 8.42 Å². The van der Waals surface area contributed by atoms with E-state index in [1.54, 1.807) is 6.07 Å². The smallest absolute Gasteiger partial charge is 0.406 e. The van der Waals surface area contributed by atoms with Crippen LogP contribution in [0.2, 0.25) is 0 Å². The second-order valence-corrected chi connectivity index (χ2v) is 6.72. The highest BCUT2D eigenvalue weighted by Crippen LogP contribution is 2.30. The van der Waals surface area contributed by atoms with Gasteiger partial charge >= 0.3 is 6.36 Å². The summed E-state index contributed by atoms with van der Waals surface area (Å²) < 4.78 is 64.0. The number of nitrogens with zero attached hydrogens (tertiary/aromatic N) is 1. The molecule has 0 aliphatic heterocycles. The number of benzene rings is 2. The van der Waals surface area contributed by atoms with Gasteiger partial charge < -0.3 is 4.74 Å². The Kier molecular flexibility index (Phi) is 4.34. The first-order chi connectivity index (χ1) is 10.6. The van der Waals surface area contributed by atoms with Crippen molar-refractivity contribution < 1.29 is 26.3 Å². The van der Waals surface area contributed by atoms with Gasteiger partial charge in [-0.1, -0.05) is 12.1 Å². The van der Waals surface area contributed by atoms with Gasteiger partial charge in [-0.3, -0.25) is 0 Å². The van der Waals surface area contributed by atoms with Crippen molar-refractivity contribution in [3.63, 3.8) is 0 Å². The Labute approximate surface area is 130 Å². The molecule has 0 unspecified atom stereocenters. The van der Waals surface area contributed by atoms with Crippen LogP contribution in [-0.4, -0.2) is 21.0 Å². The molecule has 0 fully saturated rings. The van der Waals surface area contributed by atoms with Crippen LogP contribution in [0.1, 0.15) is 5.56 Å². The van der Waals surface area contributed by atoms with Crippen molar-refractivity contribution >= 4 is 9.84 Å². The third kappa shape index (κ3) is 4.47. The van der Waals surface area contributed by atoms with E-state index < -0.39 is 21.9 Å². The van der Waals surface area contributed by atoms with Crippen LogP contribution in [0.4, 0.5) is 13.2 Å². The third-order valence-electron chi connectivity index (χ3n) is 2.86. The maximum absolute atomic E-state index is 12.3. The van der Waals surface area contributed by atoms with Gasteiger partial charge in [0.25, 0.3) is 0 Å². The molecule has 2 aromatic carbocycles. The summed E-state index contributed by atoms with van der Waals surface area (Å²) in [6.45, 7) is 0. The summed E-state index contributed by atoms with van der Waals surface area (Å²) in [5.41, 5.74) is 0.567. The first-order valence-electron chi connectivity index (χ1n) is 6.20. The zero-order valence-electron chi connectivity index (χ0n) is 11.8. The van der Waals surface area contributed by atoms with E-state index in [1.807, 2.05) is 0 Å². The Morgan fingerprint density at radius 1 is 1.09 bits per heavy atom. The Balaban J connectivity index is 2.56. The van der Waals surface area contributed by atoms with E-state index in [0.717, 1.165) is 18.4 Å². The lowest BCUT2D eigenvalue weighted by Gasteiger charge is -2.11. The van der Waals surface area contributed by atoms with Crippen molar-refractivity contribution in [2.45, 2.75) is 11.3 Å². The van der Waals surface area contributed by atoms with E-state index in [-0.39, 0.29) is 16.0 Å². The van der Waals surface area contributed by atoms with Crippen molar-refractivity contribution in [2.24, 2.45) is 0 Å². The number of ether oxygens (including phenoxy) is 1. The van der Waals surface area contributed by atoms with Gasteiger partial charge in [0.05, 0.1) is 16.5 Å². The average Bonchev–Trinajstić information content (AvgIpc) is 2.44. The van der Waals surface area contributed by atoms with Crippen molar-refractivity contribution in [2.75, 3.05) is 6.26 Å². The van der Waals surface area contributed by atoms with Gasteiger partial charge in [-0.2, -0.15) is 5.26 Å². The van der Waals surface area contributed by atoms with E-state index in [2.05, 4.69) is 4.74 Å². The van der Waals surface area contributed by atoms with Crippen LogP contribution >= 0.6 is 0 Å². The van der Waals surface area contributed by atoms with Crippen LogP contribution in [0.15, 0.2) is 47.4 Å². The first kappa shape index (κ1) is 16.8. The van der Waals surface area contributed by atoms with Crippen molar-refractivity contribution in [3.05, 3.63) is 48.0 Å². The molecule has 0 N–H and O–H groups in total. The lowest BCUT2D eigenvalue weighted by atomic mass is 10.0. The molecule has 0 radical (unpaired) electrons. The van der Waals surface area contributed by atoms with Crippen molar-refractivity contribution in [1.29, 1.82) is 5.26 Å². The van der Waals surface area contributed by atoms with Crippen LogP contribution in [-0.2, 0) is 9.84 Å². The highest BCUT2D eigenvalue weighted by atomic mass is 32.2. The Morgan fingerprint density at radius 3 is 2.35 bits per heavy atom. The molecule has 0 saturated heterocycles. The fraction of sp³-hybridized carbons (Fsp3) is 0.133. The fourth-order valence-electron chi connectivity index (χ4n) is 1.93. The molecule has 120 valence electrons. The molecule has 4 nitrogen and oxygen atoms in total. The predicted molar refractivity (Wildman–Crippen MR) is 76.4 cm³/mol. The minimum atomic E-state index is -4.89. The maximum atomic E-state index is 12.3. The number of hydrogen-bond donors (Lipinski definition) is 0. The average molecular weight is 341 g/mol. The van der Waals surface area contributed by atoms with Gasteiger partial charge in [0.15, 0.2) is 9.84 Å². The molecule has 0 amide bonds. The maximum Gasteiger partial charge on any atom is 0.573 e. The molecule has 0 aromatic heterocycles. The first-order valence-corrected chi connectivity index (χ1v) is 8.09. The number of sulfone groups is 1. The van der Waals surface area contributed by atoms with Crippen LogP contribution in [0.5, 0.6) is 5.75 Å². The Bertz CT molecular complexity index is 884. The summed E-state index contributed by atoms with van der Waals surface area (Å²) in [6.07, 6.45) is -3.87. The molecule has 2 rings (SSSR count). The molecule has 8 heteroatoms. The zero-order chi connectivity index (χ0) is 17.3. The van der Waals surface area contributed by atoms with Gasteiger partial charge in [-0.05, 0) is 41.5 Å². The fourth-order valence-corrected chi connectivity index (χ4v) is 2.60. The van der Waals surface area contributed by atoms with Gasteiger partial charge in [0.1, 0.15) is 5.75 Å². The molecule has 0 aliphatic rings. The van der Waals surface area contributed by atoms with Crippen LogP contribution in [0, 0.1) is 11.3 Å². The lowest BCUT2D eigenvalue weighted by Crippen LogP contribution is -2.17. The van der Waals surface area contributed by atoms with Crippen LogP contribution < -0.4 is 4.74 Å². The number of halogens is 3. The summed E-state index contributed by atoms with van der Waals surface area (Å²) >= 11 is 0. The number of rotatable bonds is 3. The molecule has 23 heavy (non-hydrogen) atoms. The molecule has 0 spiro atoms. The topological polar surface area (TPSA) is 67.2 Å². The summed E-state index contributed by atoms with van der Waals surface area (Å²) in [5.74, 6) is -0.545. The van der Waals surface area contributed by atoms with E-state index >= 15 is 0 Å². The highest BCUT2D eigenvalue weighted by molar-refractivity contribution is 7.90. The summed E-state index contributed by atoms with van der Waals surface area (Å²) in [5, 5.41) is 8.93. The zero-order valence-corrected chi connectivity index (χ0v) is 12.6. The number of nitriles is 1. The van der Waals surface area contributed by atoms with Gasteiger partial charge in [0, 0.05) is 6.26 Å². The second kappa shape index (κ2) is 5.93. The minimum Gasteiger partial charge on any atom is -0.406 e. The lowest BCUT2D eigenvalue weighted by molar-refractivity contribution is -0.274. The molecule has 0 atom stereocenters. The number of alkyl halides is 3. The molecule has 0 saturated carbocycles. The predicted octanol–water partition coefficient (Wildman–Crippen LogP) is 3.53. The number of hydrogen-bond acceptors (Lipinski definition) is 4. The van der Waals surface area contributed by atoms with Crippen LogP contribution in [0.3, 0.4) is 0 Å². The summed E-state index contributed by atoms with van der Waals surface area (Å²) in [7, 11) is -3.46. The highest BCUT2D eigenvalue weighted by Gasteiger charge is 2.31.